The molecule has 0 spiro atoms. The highest BCUT2D eigenvalue weighted by Crippen LogP contribution is 2.46. The van der Waals surface area contributed by atoms with Gasteiger partial charge in [0.15, 0.2) is 0 Å². The number of aryl methyl sites for hydroxylation is 2. The van der Waals surface area contributed by atoms with Gasteiger partial charge in [-0.15, -0.1) is 0 Å². The van der Waals surface area contributed by atoms with E-state index in [-0.39, 0.29) is 5.69 Å². The number of fused-ring (bicyclic) bond motifs is 6. The zero-order valence-electron chi connectivity index (χ0n) is 22.9. The van der Waals surface area contributed by atoms with Crippen molar-refractivity contribution in [1.82, 2.24) is 4.48 Å². The Morgan fingerprint density at radius 1 is 0.854 bits per heavy atom. The molecule has 0 saturated heterocycles. The molecule has 7 rings (SSSR count). The summed E-state index contributed by atoms with van der Waals surface area (Å²) < 4.78 is 41.8. The van der Waals surface area contributed by atoms with E-state index in [4.69, 9.17) is 20.2 Å². The lowest BCUT2D eigenvalue weighted by molar-refractivity contribution is 0.414. The molecule has 0 atom stereocenters. The summed E-state index contributed by atoms with van der Waals surface area (Å²) in [5, 5.41) is 0. The van der Waals surface area contributed by atoms with E-state index in [0.29, 0.717) is 35.7 Å². The summed E-state index contributed by atoms with van der Waals surface area (Å²) in [5.74, 6) is 1.51. The molecule has 0 amide bonds. The second kappa shape index (κ2) is 9.80. The fourth-order valence-corrected chi connectivity index (χ4v) is 6.51. The van der Waals surface area contributed by atoms with E-state index >= 15 is 0 Å². The second-order valence-electron chi connectivity index (χ2n) is 10.5. The Labute approximate surface area is 237 Å². The van der Waals surface area contributed by atoms with Crippen LogP contribution in [-0.2, 0) is 19.3 Å². The smallest absolute Gasteiger partial charge is 0.497 e. The highest BCUT2D eigenvalue weighted by molar-refractivity contribution is 6.42. The van der Waals surface area contributed by atoms with Gasteiger partial charge in [0.1, 0.15) is 11.5 Å². The monoisotopic (exact) mass is 547 g/mol. The molecule has 0 unspecified atom stereocenters. The molecular formula is C33H28BF2N3O2. The number of benzene rings is 3. The van der Waals surface area contributed by atoms with Gasteiger partial charge in [-0.05, 0) is 90.4 Å². The molecule has 2 aliphatic carbocycles. The predicted molar refractivity (Wildman–Crippen MR) is 161 cm³/mol. The van der Waals surface area contributed by atoms with E-state index in [9.17, 15) is 8.63 Å². The van der Waals surface area contributed by atoms with Crippen LogP contribution in [0.25, 0.3) is 22.9 Å². The Kier molecular flexibility index (Phi) is 6.07. The Morgan fingerprint density at radius 3 is 2.20 bits per heavy atom. The third kappa shape index (κ3) is 4.00. The molecule has 1 aromatic heterocycles. The first-order valence-electron chi connectivity index (χ1n) is 13.7. The number of methoxy groups -OCH3 is 2. The molecule has 5 nitrogen and oxygen atoms in total. The molecule has 2 heterocycles. The number of nitrogens with two attached hydrogens (primary N) is 1. The van der Waals surface area contributed by atoms with Gasteiger partial charge in [0, 0.05) is 28.0 Å². The van der Waals surface area contributed by atoms with Crippen molar-refractivity contribution in [2.24, 2.45) is 4.99 Å². The normalized spacial score (nSPS) is 16.1. The number of hydrogen-bond acceptors (Lipinski definition) is 4. The highest BCUT2D eigenvalue weighted by Gasteiger charge is 2.35. The van der Waals surface area contributed by atoms with Crippen LogP contribution in [0.1, 0.15) is 39.9 Å². The maximum atomic E-state index is 14.9. The van der Waals surface area contributed by atoms with Gasteiger partial charge >= 0.3 is 7.40 Å². The summed E-state index contributed by atoms with van der Waals surface area (Å²) in [6.07, 6.45) is 4.67. The van der Waals surface area contributed by atoms with E-state index < -0.39 is 7.40 Å². The van der Waals surface area contributed by atoms with Crippen LogP contribution in [0.4, 0.5) is 14.3 Å². The Hall–Kier alpha value is -4.59. The fourth-order valence-electron chi connectivity index (χ4n) is 6.51. The summed E-state index contributed by atoms with van der Waals surface area (Å²) >= 11 is 0. The minimum Gasteiger partial charge on any atom is -0.497 e. The molecule has 41 heavy (non-hydrogen) atoms. The topological polar surface area (TPSA) is 61.8 Å². The van der Waals surface area contributed by atoms with Crippen LogP contribution < -0.4 is 15.2 Å². The third-order valence-electron chi connectivity index (χ3n) is 8.42. The average molecular weight is 547 g/mol. The van der Waals surface area contributed by atoms with Crippen molar-refractivity contribution < 1.29 is 18.1 Å². The average Bonchev–Trinajstić information content (AvgIpc) is 3.52. The standard InChI is InChI=1S/C33H28BF2N3O2/c1-40-22-10-14-24-20(16-22)8-12-26-30(19-6-4-3-5-7-19)28(38-32(24)26)18-29-31(37)27-13-9-21-17-23(41-2)11-15-25(21)33(27)39(29)34(35)36/h3-7,10-11,14-18H,8-9,12-13,37H2,1-2H3/b28-18-. The maximum Gasteiger partial charge on any atom is 0.678 e. The Morgan fingerprint density at radius 2 is 1.51 bits per heavy atom. The van der Waals surface area contributed by atoms with Gasteiger partial charge in [-0.25, -0.2) is 4.99 Å². The minimum atomic E-state index is -2.78. The first-order chi connectivity index (χ1) is 20.0. The van der Waals surface area contributed by atoms with Crippen LogP contribution in [0.5, 0.6) is 11.5 Å². The summed E-state index contributed by atoms with van der Waals surface area (Å²) in [6, 6.07) is 21.7. The van der Waals surface area contributed by atoms with Gasteiger partial charge < -0.3 is 19.7 Å². The van der Waals surface area contributed by atoms with Crippen LogP contribution in [0, 0.1) is 0 Å². The third-order valence-corrected chi connectivity index (χ3v) is 8.42. The Balaban J connectivity index is 1.45. The number of hydrogen-bond donors (Lipinski definition) is 1. The number of allylic oxidation sites excluding steroid dienone is 2. The van der Waals surface area contributed by atoms with Crippen LogP contribution in [0.3, 0.4) is 0 Å². The summed E-state index contributed by atoms with van der Waals surface area (Å²) in [4.78, 5) is 5.11. The highest BCUT2D eigenvalue weighted by atomic mass is 19.2. The molecule has 0 saturated carbocycles. The van der Waals surface area contributed by atoms with Crippen LogP contribution in [0.15, 0.2) is 83.0 Å². The second-order valence-corrected chi connectivity index (χ2v) is 10.5. The van der Waals surface area contributed by atoms with Crippen LogP contribution >= 0.6 is 0 Å². The maximum absolute atomic E-state index is 14.9. The number of rotatable bonds is 5. The lowest BCUT2D eigenvalue weighted by atomic mass is 9.83. The van der Waals surface area contributed by atoms with Crippen molar-refractivity contribution in [1.29, 1.82) is 0 Å². The minimum absolute atomic E-state index is 0.288. The lowest BCUT2D eigenvalue weighted by Crippen LogP contribution is -2.18. The molecule has 204 valence electrons. The summed E-state index contributed by atoms with van der Waals surface area (Å²) in [5.41, 5.74) is 17.1. The largest absolute Gasteiger partial charge is 0.678 e. The first-order valence-corrected chi connectivity index (χ1v) is 13.7. The summed E-state index contributed by atoms with van der Waals surface area (Å²) in [6.45, 7) is 0. The first kappa shape index (κ1) is 25.4. The number of aromatic nitrogens is 1. The molecule has 2 N–H and O–H groups in total. The lowest BCUT2D eigenvalue weighted by Gasteiger charge is -2.20. The van der Waals surface area contributed by atoms with E-state index in [0.717, 1.165) is 67.7 Å². The molecule has 0 fully saturated rings. The van der Waals surface area contributed by atoms with E-state index in [1.54, 1.807) is 20.3 Å². The number of anilines is 1. The molecule has 4 aromatic rings. The van der Waals surface area contributed by atoms with Crippen molar-refractivity contribution in [2.75, 3.05) is 20.0 Å². The van der Waals surface area contributed by atoms with Gasteiger partial charge in [0.05, 0.1) is 37.0 Å². The van der Waals surface area contributed by atoms with Gasteiger partial charge in [0.25, 0.3) is 0 Å². The molecule has 1 aliphatic heterocycles. The van der Waals surface area contributed by atoms with Crippen LogP contribution in [0.2, 0.25) is 0 Å². The predicted octanol–water partition coefficient (Wildman–Crippen LogP) is 6.87. The molecule has 3 aliphatic rings. The van der Waals surface area contributed by atoms with E-state index in [1.807, 2.05) is 60.7 Å². The Bertz CT molecular complexity index is 1800. The van der Waals surface area contributed by atoms with Crippen molar-refractivity contribution in [2.45, 2.75) is 25.7 Å². The van der Waals surface area contributed by atoms with Crippen molar-refractivity contribution in [3.8, 4) is 22.8 Å². The van der Waals surface area contributed by atoms with Gasteiger partial charge in [-0.3, -0.25) is 8.63 Å². The zero-order valence-corrected chi connectivity index (χ0v) is 22.9. The van der Waals surface area contributed by atoms with Crippen molar-refractivity contribution in [3.05, 3.63) is 112 Å². The zero-order chi connectivity index (χ0) is 28.2. The van der Waals surface area contributed by atoms with E-state index in [2.05, 4.69) is 6.07 Å². The van der Waals surface area contributed by atoms with E-state index in [1.165, 1.54) is 5.56 Å². The number of ether oxygens (including phenoxy) is 2. The van der Waals surface area contributed by atoms with Gasteiger partial charge in [-0.2, -0.15) is 0 Å². The molecule has 3 aromatic carbocycles. The van der Waals surface area contributed by atoms with Gasteiger partial charge in [-0.1, -0.05) is 30.3 Å². The number of nitrogens with zero attached hydrogens (tertiary/aromatic N) is 2. The van der Waals surface area contributed by atoms with Crippen molar-refractivity contribution >= 4 is 30.5 Å². The fraction of sp³-hybridized carbons (Fsp3) is 0.182. The number of halogens is 2. The van der Waals surface area contributed by atoms with Crippen LogP contribution in [-0.4, -0.2) is 31.8 Å². The molecule has 8 heteroatoms. The SMILES string of the molecule is COc1ccc2c(c1)CCC1=C(c3ccccc3)/C(=C/c3c(N)c4c(n3B(F)F)-c3ccc(OC)cc3CC4)N=C12. The number of aliphatic imine (C=N–C) groups is 1. The number of nitrogen functional groups attached to an aromatic ring is 1. The van der Waals surface area contributed by atoms with Gasteiger partial charge in [0.2, 0.25) is 0 Å². The summed E-state index contributed by atoms with van der Waals surface area (Å²) in [7, 11) is 0.487. The molecule has 0 bridgehead atoms. The molecular weight excluding hydrogens is 519 g/mol. The quantitative estimate of drug-likeness (QED) is 0.278. The van der Waals surface area contributed by atoms with Crippen molar-refractivity contribution in [3.63, 3.8) is 0 Å². The molecule has 0 radical (unpaired) electrons.